The molecule has 0 heterocycles. The van der Waals surface area contributed by atoms with Crippen LogP contribution < -0.4 is 4.74 Å². The van der Waals surface area contributed by atoms with E-state index >= 15 is 0 Å². The molecule has 0 unspecified atom stereocenters. The Bertz CT molecular complexity index is 602. The molecule has 0 saturated carbocycles. The Balaban J connectivity index is 2.40. The van der Waals surface area contributed by atoms with Crippen molar-refractivity contribution in [1.82, 2.24) is 0 Å². The first-order chi connectivity index (χ1) is 8.97. The first-order valence-corrected chi connectivity index (χ1v) is 6.75. The maximum atomic E-state index is 13.2. The Morgan fingerprint density at radius 3 is 2.63 bits per heavy atom. The van der Waals surface area contributed by atoms with Crippen molar-refractivity contribution in [3.8, 4) is 11.5 Å². The van der Waals surface area contributed by atoms with Crippen molar-refractivity contribution in [1.29, 1.82) is 0 Å². The van der Waals surface area contributed by atoms with Gasteiger partial charge in [-0.15, -0.1) is 0 Å². The van der Waals surface area contributed by atoms with Crippen molar-refractivity contribution >= 4 is 27.5 Å². The first-order valence-electron chi connectivity index (χ1n) is 5.58. The summed E-state index contributed by atoms with van der Waals surface area (Å²) in [6, 6.07) is 9.16. The summed E-state index contributed by atoms with van der Waals surface area (Å²) in [7, 11) is 0. The van der Waals surface area contributed by atoms with Crippen molar-refractivity contribution in [3.05, 3.63) is 57.3 Å². The van der Waals surface area contributed by atoms with Gasteiger partial charge in [0.25, 0.3) is 0 Å². The predicted octanol–water partition coefficient (Wildman–Crippen LogP) is 5.09. The Labute approximate surface area is 123 Å². The lowest BCUT2D eigenvalue weighted by Crippen LogP contribution is -1.97. The molecule has 0 amide bonds. The number of benzene rings is 2. The van der Waals surface area contributed by atoms with Crippen LogP contribution in [0.5, 0.6) is 11.5 Å². The molecule has 2 aromatic carbocycles. The zero-order valence-corrected chi connectivity index (χ0v) is 12.4. The summed E-state index contributed by atoms with van der Waals surface area (Å²) in [5.74, 6) is 0.379. The van der Waals surface area contributed by atoms with E-state index in [0.717, 1.165) is 4.47 Å². The van der Waals surface area contributed by atoms with Gasteiger partial charge in [0.15, 0.2) is 0 Å². The average Bonchev–Trinajstić information content (AvgIpc) is 2.35. The summed E-state index contributed by atoms with van der Waals surface area (Å²) in [6.45, 7) is 1.55. The van der Waals surface area contributed by atoms with Crippen LogP contribution >= 0.6 is 27.5 Å². The maximum Gasteiger partial charge on any atom is 0.147 e. The zero-order valence-electron chi connectivity index (χ0n) is 10.0. The van der Waals surface area contributed by atoms with E-state index in [1.807, 2.05) is 0 Å². The third-order valence-corrected chi connectivity index (χ3v) is 3.34. The van der Waals surface area contributed by atoms with Crippen LogP contribution in [-0.4, -0.2) is 5.11 Å². The standard InChI is InChI=1S/C14H11BrClFO2/c1-8(18)11-7-10(17)3-5-13(11)19-14-6-9(15)2-4-12(14)16/h2-8,18H,1H3/t8-/m1/s1. The quantitative estimate of drug-likeness (QED) is 0.840. The van der Waals surface area contributed by atoms with Crippen LogP contribution in [0.3, 0.4) is 0 Å². The minimum absolute atomic E-state index is 0.371. The zero-order chi connectivity index (χ0) is 14.0. The molecule has 0 aliphatic heterocycles. The minimum atomic E-state index is -0.836. The van der Waals surface area contributed by atoms with Crippen LogP contribution in [0.25, 0.3) is 0 Å². The normalized spacial score (nSPS) is 12.3. The van der Waals surface area contributed by atoms with Gasteiger partial charge in [-0.25, -0.2) is 4.39 Å². The topological polar surface area (TPSA) is 29.5 Å². The summed E-state index contributed by atoms with van der Waals surface area (Å²) >= 11 is 9.35. The number of hydrogen-bond acceptors (Lipinski definition) is 2. The lowest BCUT2D eigenvalue weighted by atomic mass is 10.1. The fourth-order valence-electron chi connectivity index (χ4n) is 1.61. The van der Waals surface area contributed by atoms with Crippen LogP contribution in [0.15, 0.2) is 40.9 Å². The number of halogens is 3. The van der Waals surface area contributed by atoms with Crippen LogP contribution in [0.1, 0.15) is 18.6 Å². The average molecular weight is 346 g/mol. The molecule has 2 nitrogen and oxygen atoms in total. The fourth-order valence-corrected chi connectivity index (χ4v) is 2.11. The van der Waals surface area contributed by atoms with Crippen molar-refractivity contribution in [2.75, 3.05) is 0 Å². The molecule has 0 fully saturated rings. The van der Waals surface area contributed by atoms with Crippen molar-refractivity contribution in [2.45, 2.75) is 13.0 Å². The van der Waals surface area contributed by atoms with Gasteiger partial charge in [-0.3, -0.25) is 0 Å². The van der Waals surface area contributed by atoms with Gasteiger partial charge in [-0.1, -0.05) is 27.5 Å². The highest BCUT2D eigenvalue weighted by Crippen LogP contribution is 2.35. The first kappa shape index (κ1) is 14.3. The Morgan fingerprint density at radius 1 is 1.21 bits per heavy atom. The van der Waals surface area contributed by atoms with E-state index in [0.29, 0.717) is 22.1 Å². The van der Waals surface area contributed by atoms with Gasteiger partial charge in [-0.05, 0) is 43.3 Å². The third kappa shape index (κ3) is 3.47. The van der Waals surface area contributed by atoms with E-state index in [2.05, 4.69) is 15.9 Å². The van der Waals surface area contributed by atoms with Crippen LogP contribution in [0.4, 0.5) is 4.39 Å². The second-order valence-electron chi connectivity index (χ2n) is 4.03. The smallest absolute Gasteiger partial charge is 0.147 e. The van der Waals surface area contributed by atoms with Gasteiger partial charge in [0.1, 0.15) is 17.3 Å². The molecule has 0 radical (unpaired) electrons. The molecule has 2 rings (SSSR count). The Kier molecular flexibility index (Phi) is 4.45. The number of ether oxygens (including phenoxy) is 1. The second-order valence-corrected chi connectivity index (χ2v) is 5.36. The lowest BCUT2D eigenvalue weighted by Gasteiger charge is -2.14. The molecule has 5 heteroatoms. The molecule has 1 N–H and O–H groups in total. The van der Waals surface area contributed by atoms with Gasteiger partial charge in [-0.2, -0.15) is 0 Å². The van der Waals surface area contributed by atoms with Gasteiger partial charge in [0.05, 0.1) is 11.1 Å². The molecule has 0 spiro atoms. The molecule has 0 aromatic heterocycles. The van der Waals surface area contributed by atoms with E-state index in [1.54, 1.807) is 25.1 Å². The molecule has 0 aliphatic rings. The second kappa shape index (κ2) is 5.90. The summed E-state index contributed by atoms with van der Waals surface area (Å²) in [5.41, 5.74) is 0.371. The lowest BCUT2D eigenvalue weighted by molar-refractivity contribution is 0.195. The van der Waals surface area contributed by atoms with E-state index in [9.17, 15) is 9.50 Å². The number of rotatable bonds is 3. The molecule has 1 atom stereocenters. The summed E-state index contributed by atoms with van der Waals surface area (Å²) < 4.78 is 19.7. The van der Waals surface area contributed by atoms with Crippen molar-refractivity contribution in [2.24, 2.45) is 0 Å². The van der Waals surface area contributed by atoms with Crippen molar-refractivity contribution < 1.29 is 14.2 Å². The highest BCUT2D eigenvalue weighted by Gasteiger charge is 2.13. The number of aliphatic hydroxyl groups is 1. The monoisotopic (exact) mass is 344 g/mol. The summed E-state index contributed by atoms with van der Waals surface area (Å²) in [5, 5.41) is 10.1. The molecule has 2 aromatic rings. The Morgan fingerprint density at radius 2 is 1.95 bits per heavy atom. The third-order valence-electron chi connectivity index (χ3n) is 2.54. The van der Waals surface area contributed by atoms with E-state index in [-0.39, 0.29) is 0 Å². The number of hydrogen-bond donors (Lipinski definition) is 1. The molecule has 0 saturated heterocycles. The molecule has 0 aliphatic carbocycles. The summed E-state index contributed by atoms with van der Waals surface area (Å²) in [6.07, 6.45) is -0.836. The summed E-state index contributed by atoms with van der Waals surface area (Å²) in [4.78, 5) is 0. The Hall–Kier alpha value is -1.10. The SMILES string of the molecule is C[C@@H](O)c1cc(F)ccc1Oc1cc(Br)ccc1Cl. The van der Waals surface area contributed by atoms with Gasteiger partial charge < -0.3 is 9.84 Å². The molecule has 19 heavy (non-hydrogen) atoms. The predicted molar refractivity (Wildman–Crippen MR) is 76.3 cm³/mol. The molecular weight excluding hydrogens is 335 g/mol. The molecular formula is C14H11BrClFO2. The highest BCUT2D eigenvalue weighted by atomic mass is 79.9. The van der Waals surface area contributed by atoms with Crippen molar-refractivity contribution in [3.63, 3.8) is 0 Å². The van der Waals surface area contributed by atoms with E-state index < -0.39 is 11.9 Å². The van der Waals surface area contributed by atoms with Crippen LogP contribution in [0.2, 0.25) is 5.02 Å². The van der Waals surface area contributed by atoms with Gasteiger partial charge >= 0.3 is 0 Å². The van der Waals surface area contributed by atoms with Crippen LogP contribution in [-0.2, 0) is 0 Å². The maximum absolute atomic E-state index is 13.2. The molecule has 0 bridgehead atoms. The van der Waals surface area contributed by atoms with Gasteiger partial charge in [0, 0.05) is 10.0 Å². The molecule has 100 valence electrons. The highest BCUT2D eigenvalue weighted by molar-refractivity contribution is 9.10. The van der Waals surface area contributed by atoms with Gasteiger partial charge in [0.2, 0.25) is 0 Å². The largest absolute Gasteiger partial charge is 0.455 e. The van der Waals surface area contributed by atoms with Crippen LogP contribution in [0, 0.1) is 5.82 Å². The minimum Gasteiger partial charge on any atom is -0.455 e. The fraction of sp³-hybridized carbons (Fsp3) is 0.143. The number of aliphatic hydroxyl groups excluding tert-OH is 1. The van der Waals surface area contributed by atoms with E-state index in [1.165, 1.54) is 18.2 Å². The van der Waals surface area contributed by atoms with E-state index in [4.69, 9.17) is 16.3 Å².